The fourth-order valence-corrected chi connectivity index (χ4v) is 2.51. The van der Waals surface area contributed by atoms with Gasteiger partial charge >= 0.3 is 0 Å². The Kier molecular flexibility index (Phi) is 6.54. The first kappa shape index (κ1) is 15.3. The lowest BCUT2D eigenvalue weighted by Gasteiger charge is -2.10. The smallest absolute Gasteiger partial charge is 0.234 e. The zero-order valence-corrected chi connectivity index (χ0v) is 12.3. The van der Waals surface area contributed by atoms with Gasteiger partial charge in [-0.05, 0) is 37.1 Å². The van der Waals surface area contributed by atoms with Gasteiger partial charge in [-0.3, -0.25) is 4.79 Å². The summed E-state index contributed by atoms with van der Waals surface area (Å²) in [5.41, 5.74) is 7.56. The molecule has 1 rings (SSSR count). The number of nitrogens with two attached hydrogens (primary N) is 1. The van der Waals surface area contributed by atoms with E-state index in [0.717, 1.165) is 23.4 Å². The molecule has 0 fully saturated rings. The first-order chi connectivity index (χ1) is 8.52. The van der Waals surface area contributed by atoms with Crippen LogP contribution in [0.3, 0.4) is 0 Å². The fraction of sp³-hybridized carbons (Fsp3) is 0.462. The van der Waals surface area contributed by atoms with Gasteiger partial charge in [-0.1, -0.05) is 18.5 Å². The molecular formula is C13H19ClN2OS. The molecule has 100 valence electrons. The molecule has 1 atom stereocenters. The van der Waals surface area contributed by atoms with Gasteiger partial charge in [0.15, 0.2) is 0 Å². The molecule has 5 heteroatoms. The maximum Gasteiger partial charge on any atom is 0.234 e. The van der Waals surface area contributed by atoms with Crippen LogP contribution >= 0.6 is 23.4 Å². The van der Waals surface area contributed by atoms with Crippen molar-refractivity contribution in [2.24, 2.45) is 5.73 Å². The third-order valence-corrected chi connectivity index (χ3v) is 3.92. The molecule has 0 saturated carbocycles. The lowest BCUT2D eigenvalue weighted by atomic mass is 10.2. The topological polar surface area (TPSA) is 55.1 Å². The summed E-state index contributed by atoms with van der Waals surface area (Å²) in [6.07, 6.45) is 0.935. The lowest BCUT2D eigenvalue weighted by Crippen LogP contribution is -2.23. The summed E-state index contributed by atoms with van der Waals surface area (Å²) in [6.45, 7) is 3.96. The molecule has 0 aliphatic rings. The standard InChI is InChI=1S/C13H19ClN2OS/c1-3-11(15)7-18-8-13(17)16-12-5-4-10(14)6-9(12)2/h4-6,11H,3,7-8,15H2,1-2H3,(H,16,17). The summed E-state index contributed by atoms with van der Waals surface area (Å²) in [6, 6.07) is 5.58. The van der Waals surface area contributed by atoms with Crippen LogP contribution in [0.5, 0.6) is 0 Å². The summed E-state index contributed by atoms with van der Waals surface area (Å²) < 4.78 is 0. The average Bonchev–Trinajstić information content (AvgIpc) is 2.32. The third-order valence-electron chi connectivity index (χ3n) is 2.55. The molecule has 1 amide bonds. The monoisotopic (exact) mass is 286 g/mol. The van der Waals surface area contributed by atoms with Gasteiger partial charge in [-0.15, -0.1) is 0 Å². The van der Waals surface area contributed by atoms with E-state index in [0.29, 0.717) is 10.8 Å². The zero-order chi connectivity index (χ0) is 13.5. The van der Waals surface area contributed by atoms with Gasteiger partial charge in [0, 0.05) is 22.5 Å². The molecule has 0 aliphatic carbocycles. The van der Waals surface area contributed by atoms with Crippen LogP contribution in [0, 0.1) is 6.92 Å². The Morgan fingerprint density at radius 3 is 2.89 bits per heavy atom. The summed E-state index contributed by atoms with van der Waals surface area (Å²) in [7, 11) is 0. The van der Waals surface area contributed by atoms with Crippen LogP contribution in [0.4, 0.5) is 5.69 Å². The Hall–Kier alpha value is -0.710. The van der Waals surface area contributed by atoms with Crippen molar-refractivity contribution in [3.05, 3.63) is 28.8 Å². The number of nitrogens with one attached hydrogen (secondary N) is 1. The fourth-order valence-electron chi connectivity index (χ4n) is 1.37. The zero-order valence-electron chi connectivity index (χ0n) is 10.7. The molecule has 3 nitrogen and oxygen atoms in total. The highest BCUT2D eigenvalue weighted by atomic mass is 35.5. The second kappa shape index (κ2) is 7.67. The maximum absolute atomic E-state index is 11.7. The predicted molar refractivity (Wildman–Crippen MR) is 80.4 cm³/mol. The van der Waals surface area contributed by atoms with Crippen LogP contribution in [0.15, 0.2) is 18.2 Å². The first-order valence-corrected chi connectivity index (χ1v) is 7.45. The van der Waals surface area contributed by atoms with E-state index >= 15 is 0 Å². The Morgan fingerprint density at radius 2 is 2.28 bits per heavy atom. The minimum Gasteiger partial charge on any atom is -0.327 e. The number of hydrogen-bond donors (Lipinski definition) is 2. The Labute approximate surface area is 117 Å². The van der Waals surface area contributed by atoms with Crippen LogP contribution in [-0.2, 0) is 4.79 Å². The highest BCUT2D eigenvalue weighted by Crippen LogP contribution is 2.19. The van der Waals surface area contributed by atoms with Crippen LogP contribution in [0.25, 0.3) is 0 Å². The minimum atomic E-state index is -0.00581. The van der Waals surface area contributed by atoms with Gasteiger partial charge in [-0.25, -0.2) is 0 Å². The number of halogens is 1. The lowest BCUT2D eigenvalue weighted by molar-refractivity contribution is -0.113. The van der Waals surface area contributed by atoms with Crippen molar-refractivity contribution in [2.75, 3.05) is 16.8 Å². The van der Waals surface area contributed by atoms with E-state index in [-0.39, 0.29) is 11.9 Å². The van der Waals surface area contributed by atoms with Gasteiger partial charge in [0.05, 0.1) is 5.75 Å². The quantitative estimate of drug-likeness (QED) is 0.845. The predicted octanol–water partition coefficient (Wildman–Crippen LogP) is 3.06. The van der Waals surface area contributed by atoms with Crippen molar-refractivity contribution in [3.8, 4) is 0 Å². The Bertz CT molecular complexity index is 412. The van der Waals surface area contributed by atoms with E-state index in [9.17, 15) is 4.79 Å². The van der Waals surface area contributed by atoms with Crippen LogP contribution in [0.1, 0.15) is 18.9 Å². The van der Waals surface area contributed by atoms with Gasteiger partial charge in [0.25, 0.3) is 0 Å². The first-order valence-electron chi connectivity index (χ1n) is 5.92. The molecule has 0 saturated heterocycles. The van der Waals surface area contributed by atoms with Gasteiger partial charge in [-0.2, -0.15) is 11.8 Å². The number of amides is 1. The largest absolute Gasteiger partial charge is 0.327 e. The third kappa shape index (κ3) is 5.29. The minimum absolute atomic E-state index is 0.00581. The summed E-state index contributed by atoms with van der Waals surface area (Å²) in [5, 5.41) is 3.54. The Balaban J connectivity index is 2.40. The summed E-state index contributed by atoms with van der Waals surface area (Å²) in [4.78, 5) is 11.7. The molecule has 0 spiro atoms. The van der Waals surface area contributed by atoms with E-state index in [1.807, 2.05) is 26.0 Å². The highest BCUT2D eigenvalue weighted by molar-refractivity contribution is 8.00. The molecular weight excluding hydrogens is 268 g/mol. The van der Waals surface area contributed by atoms with Gasteiger partial charge in [0.2, 0.25) is 5.91 Å². The number of hydrogen-bond acceptors (Lipinski definition) is 3. The normalized spacial score (nSPS) is 12.2. The molecule has 1 aromatic carbocycles. The van der Waals surface area contributed by atoms with E-state index in [4.69, 9.17) is 17.3 Å². The molecule has 0 aromatic heterocycles. The van der Waals surface area contributed by atoms with Crippen molar-refractivity contribution in [1.29, 1.82) is 0 Å². The molecule has 1 aromatic rings. The Morgan fingerprint density at radius 1 is 1.56 bits per heavy atom. The summed E-state index contributed by atoms with van der Waals surface area (Å²) >= 11 is 7.42. The molecule has 0 bridgehead atoms. The van der Waals surface area contributed by atoms with E-state index in [1.54, 1.807) is 17.8 Å². The maximum atomic E-state index is 11.7. The van der Waals surface area contributed by atoms with Crippen LogP contribution in [0.2, 0.25) is 5.02 Å². The van der Waals surface area contributed by atoms with Crippen LogP contribution in [-0.4, -0.2) is 23.5 Å². The summed E-state index contributed by atoms with van der Waals surface area (Å²) in [5.74, 6) is 1.23. The number of aryl methyl sites for hydroxylation is 1. The van der Waals surface area contributed by atoms with E-state index in [2.05, 4.69) is 5.32 Å². The number of carbonyl (C=O) groups excluding carboxylic acids is 1. The number of rotatable bonds is 6. The number of benzene rings is 1. The SMILES string of the molecule is CCC(N)CSCC(=O)Nc1ccc(Cl)cc1C. The number of carbonyl (C=O) groups is 1. The number of anilines is 1. The average molecular weight is 287 g/mol. The van der Waals surface area contributed by atoms with E-state index < -0.39 is 0 Å². The molecule has 0 radical (unpaired) electrons. The van der Waals surface area contributed by atoms with E-state index in [1.165, 1.54) is 0 Å². The van der Waals surface area contributed by atoms with Gasteiger partial charge in [0.1, 0.15) is 0 Å². The molecule has 0 heterocycles. The van der Waals surface area contributed by atoms with Crippen molar-refractivity contribution in [1.82, 2.24) is 0 Å². The van der Waals surface area contributed by atoms with Crippen LogP contribution < -0.4 is 11.1 Å². The molecule has 1 unspecified atom stereocenters. The van der Waals surface area contributed by atoms with Crippen molar-refractivity contribution in [2.45, 2.75) is 26.3 Å². The number of thioether (sulfide) groups is 1. The molecule has 3 N–H and O–H groups in total. The van der Waals surface area contributed by atoms with Crippen molar-refractivity contribution in [3.63, 3.8) is 0 Å². The van der Waals surface area contributed by atoms with Gasteiger partial charge < -0.3 is 11.1 Å². The second-order valence-electron chi connectivity index (χ2n) is 4.19. The van der Waals surface area contributed by atoms with Crippen molar-refractivity contribution < 1.29 is 4.79 Å². The molecule has 18 heavy (non-hydrogen) atoms. The molecule has 0 aliphatic heterocycles. The second-order valence-corrected chi connectivity index (χ2v) is 5.66. The van der Waals surface area contributed by atoms with Crippen molar-refractivity contribution >= 4 is 35.0 Å². The highest BCUT2D eigenvalue weighted by Gasteiger charge is 2.06.